The molecule has 1 saturated heterocycles. The summed E-state index contributed by atoms with van der Waals surface area (Å²) < 4.78 is 0. The smallest absolute Gasteiger partial charge is 0.225 e. The molecule has 4 nitrogen and oxygen atoms in total. The van der Waals surface area contributed by atoms with Crippen molar-refractivity contribution >= 4 is 5.95 Å². The van der Waals surface area contributed by atoms with Crippen LogP contribution in [0.2, 0.25) is 0 Å². The molecule has 0 aliphatic carbocycles. The highest BCUT2D eigenvalue weighted by atomic mass is 15.2. The number of piperidine rings is 1. The Morgan fingerprint density at radius 2 is 1.86 bits per heavy atom. The molecule has 0 radical (unpaired) electrons. The summed E-state index contributed by atoms with van der Waals surface area (Å²) in [6, 6.07) is 10.5. The summed E-state index contributed by atoms with van der Waals surface area (Å²) in [6.07, 6.45) is 5.23. The van der Waals surface area contributed by atoms with E-state index >= 15 is 0 Å². The van der Waals surface area contributed by atoms with Crippen LogP contribution in [0.1, 0.15) is 25.3 Å². The van der Waals surface area contributed by atoms with E-state index in [1.54, 1.807) is 0 Å². The second-order valence-corrected chi connectivity index (χ2v) is 6.15. The van der Waals surface area contributed by atoms with Gasteiger partial charge in [0.15, 0.2) is 0 Å². The molecule has 4 heteroatoms. The Balaban J connectivity index is 1.78. The van der Waals surface area contributed by atoms with Crippen LogP contribution in [-0.4, -0.2) is 29.6 Å². The van der Waals surface area contributed by atoms with E-state index < -0.39 is 0 Å². The van der Waals surface area contributed by atoms with Crippen molar-refractivity contribution in [2.45, 2.75) is 26.2 Å². The molecule has 0 unspecified atom stereocenters. The summed E-state index contributed by atoms with van der Waals surface area (Å²) in [6.45, 7) is 5.11. The average Bonchev–Trinajstić information content (AvgIpc) is 2.57. The standard InChI is InChI=1S/C18H24N4/c1-14-8-12-22(13-9-14)18-20-11-7-17(21-18)16-4-2-15(3-5-16)6-10-19/h2-5,7,11,14H,6,8-10,12-13,19H2,1H3. The Bertz CT molecular complexity index is 601. The molecule has 0 saturated carbocycles. The number of nitrogens with zero attached hydrogens (tertiary/aromatic N) is 3. The maximum Gasteiger partial charge on any atom is 0.225 e. The van der Waals surface area contributed by atoms with Gasteiger partial charge < -0.3 is 10.6 Å². The zero-order valence-corrected chi connectivity index (χ0v) is 13.2. The molecule has 2 aromatic rings. The van der Waals surface area contributed by atoms with E-state index in [4.69, 9.17) is 10.7 Å². The normalized spacial score (nSPS) is 16.0. The molecule has 2 heterocycles. The molecule has 1 aromatic heterocycles. The Morgan fingerprint density at radius 1 is 1.14 bits per heavy atom. The van der Waals surface area contributed by atoms with E-state index in [2.05, 4.69) is 41.1 Å². The van der Waals surface area contributed by atoms with E-state index in [-0.39, 0.29) is 0 Å². The fraction of sp³-hybridized carbons (Fsp3) is 0.444. The summed E-state index contributed by atoms with van der Waals surface area (Å²) in [5, 5.41) is 0. The van der Waals surface area contributed by atoms with E-state index in [9.17, 15) is 0 Å². The van der Waals surface area contributed by atoms with Crippen LogP contribution in [-0.2, 0) is 6.42 Å². The molecule has 22 heavy (non-hydrogen) atoms. The van der Waals surface area contributed by atoms with Gasteiger partial charge >= 0.3 is 0 Å². The van der Waals surface area contributed by atoms with Gasteiger partial charge in [-0.05, 0) is 43.4 Å². The summed E-state index contributed by atoms with van der Waals surface area (Å²) in [7, 11) is 0. The molecule has 0 bridgehead atoms. The van der Waals surface area contributed by atoms with Crippen molar-refractivity contribution in [1.29, 1.82) is 0 Å². The summed E-state index contributed by atoms with van der Waals surface area (Å²) in [5.74, 6) is 1.67. The highest BCUT2D eigenvalue weighted by Crippen LogP contribution is 2.23. The lowest BCUT2D eigenvalue weighted by Gasteiger charge is -2.30. The van der Waals surface area contributed by atoms with E-state index in [1.165, 1.54) is 18.4 Å². The quantitative estimate of drug-likeness (QED) is 0.942. The van der Waals surface area contributed by atoms with Gasteiger partial charge in [0.25, 0.3) is 0 Å². The van der Waals surface area contributed by atoms with Gasteiger partial charge in [-0.15, -0.1) is 0 Å². The SMILES string of the molecule is CC1CCN(c2nccc(-c3ccc(CCN)cc3)n2)CC1. The lowest BCUT2D eigenvalue weighted by Crippen LogP contribution is -2.34. The summed E-state index contributed by atoms with van der Waals surface area (Å²) in [4.78, 5) is 11.5. The molecule has 1 fully saturated rings. The topological polar surface area (TPSA) is 55.0 Å². The first-order valence-corrected chi connectivity index (χ1v) is 8.13. The van der Waals surface area contributed by atoms with Crippen molar-refractivity contribution in [3.8, 4) is 11.3 Å². The number of nitrogens with two attached hydrogens (primary N) is 1. The van der Waals surface area contributed by atoms with Crippen LogP contribution in [0.3, 0.4) is 0 Å². The lowest BCUT2D eigenvalue weighted by atomic mass is 10.00. The Morgan fingerprint density at radius 3 is 2.55 bits per heavy atom. The maximum absolute atomic E-state index is 5.60. The van der Waals surface area contributed by atoms with Gasteiger partial charge in [-0.1, -0.05) is 31.2 Å². The average molecular weight is 296 g/mol. The number of hydrogen-bond donors (Lipinski definition) is 1. The number of anilines is 1. The first-order chi connectivity index (χ1) is 10.8. The fourth-order valence-electron chi connectivity index (χ4n) is 2.88. The lowest BCUT2D eigenvalue weighted by molar-refractivity contribution is 0.434. The van der Waals surface area contributed by atoms with E-state index in [1.807, 2.05) is 12.3 Å². The summed E-state index contributed by atoms with van der Waals surface area (Å²) in [5.41, 5.74) is 8.99. The minimum atomic E-state index is 0.685. The zero-order valence-electron chi connectivity index (χ0n) is 13.2. The van der Waals surface area contributed by atoms with Crippen molar-refractivity contribution in [3.63, 3.8) is 0 Å². The zero-order chi connectivity index (χ0) is 15.4. The molecular formula is C18H24N4. The van der Waals surface area contributed by atoms with Gasteiger partial charge in [0.2, 0.25) is 5.95 Å². The Kier molecular flexibility index (Phi) is 4.68. The van der Waals surface area contributed by atoms with E-state index in [0.29, 0.717) is 6.54 Å². The van der Waals surface area contributed by atoms with Gasteiger partial charge in [-0.3, -0.25) is 0 Å². The number of rotatable bonds is 4. The highest BCUT2D eigenvalue weighted by molar-refractivity contribution is 5.60. The van der Waals surface area contributed by atoms with Crippen molar-refractivity contribution in [2.75, 3.05) is 24.5 Å². The molecule has 1 aliphatic rings. The monoisotopic (exact) mass is 296 g/mol. The largest absolute Gasteiger partial charge is 0.341 e. The van der Waals surface area contributed by atoms with Crippen molar-refractivity contribution in [1.82, 2.24) is 9.97 Å². The van der Waals surface area contributed by atoms with Gasteiger partial charge in [-0.25, -0.2) is 9.97 Å². The van der Waals surface area contributed by atoms with Crippen molar-refractivity contribution in [3.05, 3.63) is 42.1 Å². The number of benzene rings is 1. The molecule has 2 N–H and O–H groups in total. The Hall–Kier alpha value is -1.94. The molecule has 0 amide bonds. The van der Waals surface area contributed by atoms with E-state index in [0.717, 1.165) is 42.6 Å². The first kappa shape index (κ1) is 15.0. The second kappa shape index (κ2) is 6.88. The third-order valence-electron chi connectivity index (χ3n) is 4.39. The van der Waals surface area contributed by atoms with Gasteiger partial charge in [0.05, 0.1) is 5.69 Å². The summed E-state index contributed by atoms with van der Waals surface area (Å²) >= 11 is 0. The molecule has 1 aliphatic heterocycles. The second-order valence-electron chi connectivity index (χ2n) is 6.15. The van der Waals surface area contributed by atoms with Crippen LogP contribution in [0.25, 0.3) is 11.3 Å². The van der Waals surface area contributed by atoms with Crippen LogP contribution in [0.15, 0.2) is 36.5 Å². The van der Waals surface area contributed by atoms with Gasteiger partial charge in [0, 0.05) is 24.8 Å². The molecule has 0 atom stereocenters. The van der Waals surface area contributed by atoms with Crippen molar-refractivity contribution in [2.24, 2.45) is 11.7 Å². The molecule has 3 rings (SSSR count). The highest BCUT2D eigenvalue weighted by Gasteiger charge is 2.18. The molecular weight excluding hydrogens is 272 g/mol. The molecule has 0 spiro atoms. The fourth-order valence-corrected chi connectivity index (χ4v) is 2.88. The first-order valence-electron chi connectivity index (χ1n) is 8.13. The van der Waals surface area contributed by atoms with Crippen molar-refractivity contribution < 1.29 is 0 Å². The van der Waals surface area contributed by atoms with Crippen LogP contribution < -0.4 is 10.6 Å². The predicted octanol–water partition coefficient (Wildman–Crippen LogP) is 2.88. The third-order valence-corrected chi connectivity index (χ3v) is 4.39. The van der Waals surface area contributed by atoms with Gasteiger partial charge in [0.1, 0.15) is 0 Å². The molecule has 116 valence electrons. The minimum Gasteiger partial charge on any atom is -0.341 e. The van der Waals surface area contributed by atoms with Crippen LogP contribution in [0.5, 0.6) is 0 Å². The minimum absolute atomic E-state index is 0.685. The maximum atomic E-state index is 5.60. The van der Waals surface area contributed by atoms with Crippen LogP contribution in [0.4, 0.5) is 5.95 Å². The van der Waals surface area contributed by atoms with Crippen LogP contribution in [0, 0.1) is 5.92 Å². The number of hydrogen-bond acceptors (Lipinski definition) is 4. The predicted molar refractivity (Wildman–Crippen MR) is 90.8 cm³/mol. The number of aromatic nitrogens is 2. The molecule has 1 aromatic carbocycles. The van der Waals surface area contributed by atoms with Gasteiger partial charge in [-0.2, -0.15) is 0 Å². The Labute approximate surface area is 132 Å². The third kappa shape index (κ3) is 3.45. The van der Waals surface area contributed by atoms with Crippen LogP contribution >= 0.6 is 0 Å².